The first-order valence-electron chi connectivity index (χ1n) is 7.05. The molecule has 0 saturated heterocycles. The number of likely N-dealkylation sites (N-methyl/N-ethyl adjacent to an activating group) is 1. The van der Waals surface area contributed by atoms with E-state index in [1.54, 1.807) is 24.3 Å². The Hall–Kier alpha value is -1.89. The molecule has 1 aliphatic heterocycles. The largest absolute Gasteiger partial charge is 0.365 e. The standard InChI is InChI=1S/C16H17N3O2S.ClH/c1-19-8-7-11-12(9-19)22-16(13(11)14(17)20)18-15(21)10-5-3-2-4-6-10;/h2-6H,7-9H2,1H3,(H2,17,20)(H,18,21);1H. The molecule has 1 aromatic heterocycles. The fourth-order valence-corrected chi connectivity index (χ4v) is 3.97. The third-order valence-corrected chi connectivity index (χ3v) is 4.89. The number of benzene rings is 1. The van der Waals surface area contributed by atoms with Crippen molar-refractivity contribution >= 4 is 40.6 Å². The van der Waals surface area contributed by atoms with Gasteiger partial charge in [-0.25, -0.2) is 0 Å². The first-order chi connectivity index (χ1) is 10.6. The lowest BCUT2D eigenvalue weighted by molar-refractivity contribution is 0.1000. The Morgan fingerprint density at radius 2 is 1.96 bits per heavy atom. The molecular formula is C16H18ClN3O2S. The summed E-state index contributed by atoms with van der Waals surface area (Å²) in [6, 6.07) is 8.93. The quantitative estimate of drug-likeness (QED) is 0.892. The Balaban J connectivity index is 0.00000192. The molecular weight excluding hydrogens is 334 g/mol. The molecule has 2 heterocycles. The number of carbonyl (C=O) groups is 2. The predicted molar refractivity (Wildman–Crippen MR) is 94.5 cm³/mol. The number of hydrogen-bond donors (Lipinski definition) is 2. The van der Waals surface area contributed by atoms with Gasteiger partial charge in [0, 0.05) is 23.5 Å². The SMILES string of the molecule is CN1CCc2c(sc(NC(=O)c3ccccc3)c2C(N)=O)C1.Cl. The van der Waals surface area contributed by atoms with Crippen LogP contribution in [0.25, 0.3) is 0 Å². The van der Waals surface area contributed by atoms with Crippen molar-refractivity contribution in [1.82, 2.24) is 4.90 Å². The molecule has 2 aromatic rings. The lowest BCUT2D eigenvalue weighted by Gasteiger charge is -2.22. The summed E-state index contributed by atoms with van der Waals surface area (Å²) < 4.78 is 0. The van der Waals surface area contributed by atoms with E-state index in [1.165, 1.54) is 11.3 Å². The Labute approximate surface area is 144 Å². The van der Waals surface area contributed by atoms with Crippen LogP contribution >= 0.6 is 23.7 Å². The lowest BCUT2D eigenvalue weighted by atomic mass is 10.0. The molecule has 3 N–H and O–H groups in total. The van der Waals surface area contributed by atoms with Gasteiger partial charge in [-0.05, 0) is 31.2 Å². The fraction of sp³-hybridized carbons (Fsp3) is 0.250. The van der Waals surface area contributed by atoms with Crippen LogP contribution < -0.4 is 11.1 Å². The number of carbonyl (C=O) groups excluding carboxylic acids is 2. The van der Waals surface area contributed by atoms with Gasteiger partial charge < -0.3 is 16.0 Å². The number of halogens is 1. The van der Waals surface area contributed by atoms with Crippen molar-refractivity contribution in [2.24, 2.45) is 5.73 Å². The van der Waals surface area contributed by atoms with E-state index in [4.69, 9.17) is 5.73 Å². The van der Waals surface area contributed by atoms with Crippen molar-refractivity contribution in [3.05, 3.63) is 51.9 Å². The summed E-state index contributed by atoms with van der Waals surface area (Å²) in [6.45, 7) is 1.66. The zero-order chi connectivity index (χ0) is 15.7. The minimum Gasteiger partial charge on any atom is -0.365 e. The summed E-state index contributed by atoms with van der Waals surface area (Å²) in [5.41, 5.74) is 7.55. The van der Waals surface area contributed by atoms with Gasteiger partial charge in [-0.1, -0.05) is 18.2 Å². The Morgan fingerprint density at radius 3 is 2.61 bits per heavy atom. The molecule has 122 valence electrons. The number of amides is 2. The summed E-state index contributed by atoms with van der Waals surface area (Å²) in [5, 5.41) is 3.40. The average molecular weight is 352 g/mol. The summed E-state index contributed by atoms with van der Waals surface area (Å²) in [7, 11) is 2.04. The van der Waals surface area contributed by atoms with E-state index in [2.05, 4.69) is 10.2 Å². The second-order valence-electron chi connectivity index (χ2n) is 5.38. The molecule has 3 rings (SSSR count). The summed E-state index contributed by atoms with van der Waals surface area (Å²) >= 11 is 1.44. The molecule has 0 radical (unpaired) electrons. The number of thiophene rings is 1. The topological polar surface area (TPSA) is 75.4 Å². The van der Waals surface area contributed by atoms with E-state index in [1.807, 2.05) is 13.1 Å². The van der Waals surface area contributed by atoms with Crippen LogP contribution in [0.15, 0.2) is 30.3 Å². The maximum atomic E-state index is 12.3. The minimum atomic E-state index is -0.481. The molecule has 0 fully saturated rings. The van der Waals surface area contributed by atoms with Gasteiger partial charge in [0.25, 0.3) is 11.8 Å². The molecule has 0 bridgehead atoms. The van der Waals surface area contributed by atoms with Gasteiger partial charge in [-0.3, -0.25) is 9.59 Å². The van der Waals surface area contributed by atoms with Crippen LogP contribution in [0, 0.1) is 0 Å². The second kappa shape index (κ2) is 7.12. The van der Waals surface area contributed by atoms with Gasteiger partial charge in [0.15, 0.2) is 0 Å². The fourth-order valence-electron chi connectivity index (χ4n) is 2.64. The molecule has 5 nitrogen and oxygen atoms in total. The molecule has 7 heteroatoms. The monoisotopic (exact) mass is 351 g/mol. The van der Waals surface area contributed by atoms with Crippen molar-refractivity contribution < 1.29 is 9.59 Å². The Bertz CT molecular complexity index is 730. The number of primary amides is 1. The summed E-state index contributed by atoms with van der Waals surface area (Å²) in [4.78, 5) is 27.4. The number of nitrogens with one attached hydrogen (secondary N) is 1. The molecule has 0 atom stereocenters. The molecule has 1 aliphatic rings. The number of fused-ring (bicyclic) bond motifs is 1. The number of hydrogen-bond acceptors (Lipinski definition) is 4. The number of anilines is 1. The van der Waals surface area contributed by atoms with E-state index in [0.29, 0.717) is 16.1 Å². The molecule has 0 spiro atoms. The molecule has 0 aliphatic carbocycles. The first kappa shape index (κ1) is 17.5. The van der Waals surface area contributed by atoms with Gasteiger partial charge in [0.05, 0.1) is 5.56 Å². The number of rotatable bonds is 3. The van der Waals surface area contributed by atoms with Crippen molar-refractivity contribution in [3.8, 4) is 0 Å². The highest BCUT2D eigenvalue weighted by atomic mass is 35.5. The van der Waals surface area contributed by atoms with Gasteiger partial charge >= 0.3 is 0 Å². The van der Waals surface area contributed by atoms with Gasteiger partial charge in [0.1, 0.15) is 5.00 Å². The maximum Gasteiger partial charge on any atom is 0.256 e. The first-order valence-corrected chi connectivity index (χ1v) is 7.87. The zero-order valence-electron chi connectivity index (χ0n) is 12.7. The van der Waals surface area contributed by atoms with E-state index < -0.39 is 5.91 Å². The van der Waals surface area contributed by atoms with E-state index >= 15 is 0 Å². The zero-order valence-corrected chi connectivity index (χ0v) is 14.3. The van der Waals surface area contributed by atoms with Crippen LogP contribution in [0.2, 0.25) is 0 Å². The van der Waals surface area contributed by atoms with Crippen molar-refractivity contribution in [2.45, 2.75) is 13.0 Å². The smallest absolute Gasteiger partial charge is 0.256 e. The lowest BCUT2D eigenvalue weighted by Crippen LogP contribution is -2.27. The van der Waals surface area contributed by atoms with E-state index in [-0.39, 0.29) is 18.3 Å². The van der Waals surface area contributed by atoms with Crippen molar-refractivity contribution in [1.29, 1.82) is 0 Å². The molecule has 0 saturated carbocycles. The summed E-state index contributed by atoms with van der Waals surface area (Å²) in [6.07, 6.45) is 0.780. The highest BCUT2D eigenvalue weighted by Gasteiger charge is 2.26. The molecule has 2 amide bonds. The van der Waals surface area contributed by atoms with Crippen molar-refractivity contribution in [2.75, 3.05) is 18.9 Å². The summed E-state index contributed by atoms with van der Waals surface area (Å²) in [5.74, 6) is -0.708. The molecule has 0 unspecified atom stereocenters. The molecule has 23 heavy (non-hydrogen) atoms. The maximum absolute atomic E-state index is 12.3. The third kappa shape index (κ3) is 3.55. The van der Waals surface area contributed by atoms with Gasteiger partial charge in [-0.2, -0.15) is 0 Å². The van der Waals surface area contributed by atoms with Crippen LogP contribution in [0.1, 0.15) is 31.2 Å². The molecule has 1 aromatic carbocycles. The van der Waals surface area contributed by atoms with Crippen LogP contribution in [0.5, 0.6) is 0 Å². The van der Waals surface area contributed by atoms with E-state index in [0.717, 1.165) is 30.0 Å². The average Bonchev–Trinajstić information content (AvgIpc) is 2.85. The third-order valence-electron chi connectivity index (χ3n) is 3.76. The Morgan fingerprint density at radius 1 is 1.26 bits per heavy atom. The van der Waals surface area contributed by atoms with Crippen LogP contribution in [-0.4, -0.2) is 30.3 Å². The second-order valence-corrected chi connectivity index (χ2v) is 6.49. The van der Waals surface area contributed by atoms with Crippen LogP contribution in [0.3, 0.4) is 0 Å². The van der Waals surface area contributed by atoms with Crippen molar-refractivity contribution in [3.63, 3.8) is 0 Å². The minimum absolute atomic E-state index is 0. The van der Waals surface area contributed by atoms with Crippen LogP contribution in [-0.2, 0) is 13.0 Å². The number of nitrogens with zero attached hydrogens (tertiary/aromatic N) is 1. The predicted octanol–water partition coefficient (Wildman–Crippen LogP) is 2.51. The van der Waals surface area contributed by atoms with Gasteiger partial charge in [-0.15, -0.1) is 23.7 Å². The number of nitrogens with two attached hydrogens (primary N) is 1. The van der Waals surface area contributed by atoms with E-state index in [9.17, 15) is 9.59 Å². The normalized spacial score (nSPS) is 13.8. The highest BCUT2D eigenvalue weighted by molar-refractivity contribution is 7.17. The van der Waals surface area contributed by atoms with Gasteiger partial charge in [0.2, 0.25) is 0 Å². The van der Waals surface area contributed by atoms with Crippen LogP contribution in [0.4, 0.5) is 5.00 Å². The highest BCUT2D eigenvalue weighted by Crippen LogP contribution is 2.36. The Kier molecular flexibility index (Phi) is 5.41.